The minimum Gasteiger partial charge on any atom is -0.507 e. The Balaban J connectivity index is 1.95. The summed E-state index contributed by atoms with van der Waals surface area (Å²) in [5, 5.41) is 19.3. The number of pyridine rings is 1. The van der Waals surface area contributed by atoms with Crippen LogP contribution in [0, 0.1) is 6.92 Å². The Labute approximate surface area is 148 Å². The Morgan fingerprint density at radius 1 is 1.31 bits per heavy atom. The van der Waals surface area contributed by atoms with Crippen molar-refractivity contribution < 1.29 is 23.4 Å². The second kappa shape index (κ2) is 6.28. The highest BCUT2D eigenvalue weighted by atomic mass is 19.4. The number of aliphatic imine (C=N–C) groups is 1. The summed E-state index contributed by atoms with van der Waals surface area (Å²) < 4.78 is 38.5. The zero-order valence-corrected chi connectivity index (χ0v) is 14.0. The van der Waals surface area contributed by atoms with Gasteiger partial charge in [-0.25, -0.2) is 4.98 Å². The van der Waals surface area contributed by atoms with Gasteiger partial charge in [0.05, 0.1) is 23.4 Å². The first-order chi connectivity index (χ1) is 12.1. The number of rotatable bonds is 4. The summed E-state index contributed by atoms with van der Waals surface area (Å²) in [5.41, 5.74) is 5.82. The van der Waals surface area contributed by atoms with E-state index < -0.39 is 23.0 Å². The van der Waals surface area contributed by atoms with Crippen LogP contribution in [-0.4, -0.2) is 33.6 Å². The van der Waals surface area contributed by atoms with Crippen LogP contribution in [0.3, 0.4) is 0 Å². The Bertz CT molecular complexity index is 851. The lowest BCUT2D eigenvalue weighted by Crippen LogP contribution is -2.11. The van der Waals surface area contributed by atoms with Crippen LogP contribution < -0.4 is 5.73 Å². The third kappa shape index (κ3) is 3.50. The largest absolute Gasteiger partial charge is 0.507 e. The fraction of sp³-hybridized carbons (Fsp3) is 0.333. The van der Waals surface area contributed by atoms with E-state index in [9.17, 15) is 23.4 Å². The lowest BCUT2D eigenvalue weighted by molar-refractivity contribution is -0.137. The monoisotopic (exact) mass is 365 g/mol. The Kier molecular flexibility index (Phi) is 4.39. The van der Waals surface area contributed by atoms with Gasteiger partial charge in [0.15, 0.2) is 0 Å². The molecule has 0 spiro atoms. The first-order valence-electron chi connectivity index (χ1n) is 7.99. The van der Waals surface area contributed by atoms with Crippen molar-refractivity contribution >= 4 is 12.0 Å². The molecule has 1 aliphatic rings. The number of aryl methyl sites for hydroxylation is 1. The van der Waals surface area contributed by atoms with Gasteiger partial charge < -0.3 is 15.9 Å². The van der Waals surface area contributed by atoms with E-state index in [2.05, 4.69) is 9.98 Å². The van der Waals surface area contributed by atoms with Crippen molar-refractivity contribution in [3.63, 3.8) is 0 Å². The fourth-order valence-electron chi connectivity index (χ4n) is 2.68. The SMILES string of the molecule is Cc1cc(C(F)(F)F)cc(O)c1-c1ccc(C=NC2(CO)CC2)c(N)n1. The third-order valence-electron chi connectivity index (χ3n) is 4.45. The van der Waals surface area contributed by atoms with Crippen molar-refractivity contribution in [3.05, 3.63) is 41.0 Å². The smallest absolute Gasteiger partial charge is 0.416 e. The molecule has 1 saturated carbocycles. The highest BCUT2D eigenvalue weighted by Gasteiger charge is 2.41. The lowest BCUT2D eigenvalue weighted by Gasteiger charge is -2.14. The van der Waals surface area contributed by atoms with E-state index in [1.807, 2.05) is 0 Å². The summed E-state index contributed by atoms with van der Waals surface area (Å²) >= 11 is 0. The number of nitrogen functional groups attached to an aromatic ring is 1. The topological polar surface area (TPSA) is 91.7 Å². The van der Waals surface area contributed by atoms with E-state index in [4.69, 9.17) is 5.73 Å². The van der Waals surface area contributed by atoms with Crippen LogP contribution in [0.15, 0.2) is 29.3 Å². The lowest BCUT2D eigenvalue weighted by atomic mass is 10.00. The van der Waals surface area contributed by atoms with Crippen LogP contribution in [0.25, 0.3) is 11.3 Å². The number of hydrogen-bond donors (Lipinski definition) is 3. The molecule has 138 valence electrons. The Morgan fingerprint density at radius 2 is 2.00 bits per heavy atom. The maximum absolute atomic E-state index is 12.8. The fourth-order valence-corrected chi connectivity index (χ4v) is 2.68. The number of halogens is 3. The number of aromatic hydroxyl groups is 1. The van der Waals surface area contributed by atoms with Crippen molar-refractivity contribution in [1.29, 1.82) is 0 Å². The summed E-state index contributed by atoms with van der Waals surface area (Å²) in [6.45, 7) is 1.43. The zero-order chi connectivity index (χ0) is 19.1. The van der Waals surface area contributed by atoms with Crippen molar-refractivity contribution in [3.8, 4) is 17.0 Å². The summed E-state index contributed by atoms with van der Waals surface area (Å²) in [7, 11) is 0. The average molecular weight is 365 g/mol. The number of anilines is 1. The summed E-state index contributed by atoms with van der Waals surface area (Å²) in [6, 6.07) is 4.82. The average Bonchev–Trinajstić information content (AvgIpc) is 3.33. The predicted octanol–water partition coefficient (Wildman–Crippen LogP) is 3.31. The Morgan fingerprint density at radius 3 is 2.50 bits per heavy atom. The van der Waals surface area contributed by atoms with Crippen molar-refractivity contribution in [2.45, 2.75) is 31.5 Å². The van der Waals surface area contributed by atoms with Gasteiger partial charge in [-0.15, -0.1) is 0 Å². The van der Waals surface area contributed by atoms with Gasteiger partial charge in [0, 0.05) is 17.3 Å². The maximum atomic E-state index is 12.8. The van der Waals surface area contributed by atoms with Crippen LogP contribution in [0.2, 0.25) is 0 Å². The quantitative estimate of drug-likeness (QED) is 0.725. The number of aromatic nitrogens is 1. The molecule has 1 fully saturated rings. The first-order valence-corrected chi connectivity index (χ1v) is 7.99. The van der Waals surface area contributed by atoms with Crippen LogP contribution in [-0.2, 0) is 6.18 Å². The minimum atomic E-state index is -4.54. The molecule has 1 heterocycles. The molecule has 0 aliphatic heterocycles. The number of nitrogens with two attached hydrogens (primary N) is 1. The van der Waals surface area contributed by atoms with E-state index >= 15 is 0 Å². The molecule has 5 nitrogen and oxygen atoms in total. The van der Waals surface area contributed by atoms with Crippen molar-refractivity contribution in [2.75, 3.05) is 12.3 Å². The molecule has 0 amide bonds. The molecule has 1 aromatic heterocycles. The maximum Gasteiger partial charge on any atom is 0.416 e. The molecule has 4 N–H and O–H groups in total. The number of phenolic OH excluding ortho intramolecular Hbond substituents is 1. The van der Waals surface area contributed by atoms with Crippen LogP contribution in [0.5, 0.6) is 5.75 Å². The van der Waals surface area contributed by atoms with Gasteiger partial charge in [0.25, 0.3) is 0 Å². The number of phenols is 1. The normalized spacial score (nSPS) is 16.2. The van der Waals surface area contributed by atoms with Gasteiger partial charge in [0.1, 0.15) is 11.6 Å². The van der Waals surface area contributed by atoms with E-state index in [-0.39, 0.29) is 29.2 Å². The number of benzene rings is 1. The van der Waals surface area contributed by atoms with Crippen LogP contribution >= 0.6 is 0 Å². The summed E-state index contributed by atoms with van der Waals surface area (Å²) in [5.74, 6) is -0.374. The molecular formula is C18H18F3N3O2. The number of nitrogens with zero attached hydrogens (tertiary/aromatic N) is 2. The van der Waals surface area contributed by atoms with E-state index in [1.165, 1.54) is 13.1 Å². The summed E-state index contributed by atoms with van der Waals surface area (Å²) in [4.78, 5) is 8.51. The number of aliphatic hydroxyl groups excluding tert-OH is 1. The molecule has 3 rings (SSSR count). The van der Waals surface area contributed by atoms with Gasteiger partial charge in [-0.1, -0.05) is 0 Å². The van der Waals surface area contributed by atoms with Gasteiger partial charge in [-0.2, -0.15) is 13.2 Å². The molecule has 1 aliphatic carbocycles. The zero-order valence-electron chi connectivity index (χ0n) is 14.0. The molecule has 26 heavy (non-hydrogen) atoms. The minimum absolute atomic E-state index is 0.0342. The van der Waals surface area contributed by atoms with E-state index in [1.54, 1.807) is 12.1 Å². The molecule has 0 saturated heterocycles. The molecule has 8 heteroatoms. The van der Waals surface area contributed by atoms with Gasteiger partial charge in [-0.3, -0.25) is 4.99 Å². The standard InChI is InChI=1S/C18H18F3N3O2/c1-10-6-12(18(19,20)21)7-14(26)15(10)13-3-2-11(16(22)24-13)8-23-17(9-25)4-5-17/h2-3,6-8,25-26H,4-5,9H2,1H3,(H2,22,24). The van der Waals surface area contributed by atoms with Crippen LogP contribution in [0.4, 0.5) is 19.0 Å². The second-order valence-corrected chi connectivity index (χ2v) is 6.50. The first kappa shape index (κ1) is 18.2. The van der Waals surface area contributed by atoms with E-state index in [0.717, 1.165) is 18.9 Å². The predicted molar refractivity (Wildman–Crippen MR) is 92.1 cm³/mol. The molecule has 0 atom stereocenters. The number of aliphatic hydroxyl groups is 1. The van der Waals surface area contributed by atoms with Gasteiger partial charge in [0.2, 0.25) is 0 Å². The van der Waals surface area contributed by atoms with Crippen LogP contribution in [0.1, 0.15) is 29.5 Å². The Hall–Kier alpha value is -2.61. The molecular weight excluding hydrogens is 347 g/mol. The van der Waals surface area contributed by atoms with Gasteiger partial charge >= 0.3 is 6.18 Å². The summed E-state index contributed by atoms with van der Waals surface area (Å²) in [6.07, 6.45) is -1.39. The third-order valence-corrected chi connectivity index (χ3v) is 4.45. The molecule has 0 radical (unpaired) electrons. The molecule has 1 aromatic carbocycles. The molecule has 0 bridgehead atoms. The highest BCUT2D eigenvalue weighted by Crippen LogP contribution is 2.40. The number of alkyl halides is 3. The second-order valence-electron chi connectivity index (χ2n) is 6.50. The van der Waals surface area contributed by atoms with Crippen molar-refractivity contribution in [2.24, 2.45) is 4.99 Å². The highest BCUT2D eigenvalue weighted by molar-refractivity contribution is 5.87. The van der Waals surface area contributed by atoms with Crippen molar-refractivity contribution in [1.82, 2.24) is 4.98 Å². The van der Waals surface area contributed by atoms with Gasteiger partial charge in [-0.05, 0) is 49.6 Å². The van der Waals surface area contributed by atoms with E-state index in [0.29, 0.717) is 11.6 Å². The molecule has 0 unspecified atom stereocenters. The molecule has 2 aromatic rings. The number of hydrogen-bond acceptors (Lipinski definition) is 5.